The van der Waals surface area contributed by atoms with E-state index in [0.29, 0.717) is 22.3 Å². The van der Waals surface area contributed by atoms with Gasteiger partial charge in [0, 0.05) is 16.4 Å². The van der Waals surface area contributed by atoms with Gasteiger partial charge in [-0.1, -0.05) is 6.07 Å². The molecule has 5 nitrogen and oxygen atoms in total. The lowest BCUT2D eigenvalue weighted by Crippen LogP contribution is -2.30. The minimum Gasteiger partial charge on any atom is -0.497 e. The summed E-state index contributed by atoms with van der Waals surface area (Å²) in [6, 6.07) is 8.86. The van der Waals surface area contributed by atoms with Gasteiger partial charge in [-0.2, -0.15) is 0 Å². The van der Waals surface area contributed by atoms with Gasteiger partial charge in [-0.05, 0) is 45.6 Å². The van der Waals surface area contributed by atoms with Crippen LogP contribution < -0.4 is 4.74 Å². The van der Waals surface area contributed by atoms with Crippen LogP contribution in [0.1, 0.15) is 15.2 Å². The monoisotopic (exact) mass is 397 g/mol. The summed E-state index contributed by atoms with van der Waals surface area (Å²) in [7, 11) is 3.19. The van der Waals surface area contributed by atoms with E-state index < -0.39 is 5.97 Å². The van der Waals surface area contributed by atoms with Crippen LogP contribution in [0.4, 0.5) is 0 Å². The minimum atomic E-state index is -0.575. The van der Waals surface area contributed by atoms with E-state index in [-0.39, 0.29) is 12.5 Å². The third-order valence-corrected chi connectivity index (χ3v) is 4.67. The molecule has 0 saturated heterocycles. The van der Waals surface area contributed by atoms with Crippen molar-refractivity contribution >= 4 is 39.1 Å². The van der Waals surface area contributed by atoms with E-state index in [1.165, 1.54) is 12.0 Å². The Morgan fingerprint density at radius 2 is 2.09 bits per heavy atom. The molecule has 7 heteroatoms. The van der Waals surface area contributed by atoms with Gasteiger partial charge in [0.15, 0.2) is 6.61 Å². The van der Waals surface area contributed by atoms with Gasteiger partial charge >= 0.3 is 5.97 Å². The maximum absolute atomic E-state index is 12.1. The van der Waals surface area contributed by atoms with Gasteiger partial charge in [-0.15, -0.1) is 11.3 Å². The van der Waals surface area contributed by atoms with E-state index in [2.05, 4.69) is 15.9 Å². The average molecular weight is 398 g/mol. The lowest BCUT2D eigenvalue weighted by Gasteiger charge is -2.16. The number of hydrogen-bond donors (Lipinski definition) is 0. The van der Waals surface area contributed by atoms with Gasteiger partial charge in [-0.25, -0.2) is 4.79 Å². The number of hydrogen-bond acceptors (Lipinski definition) is 5. The molecular weight excluding hydrogens is 382 g/mol. The summed E-state index contributed by atoms with van der Waals surface area (Å²) in [4.78, 5) is 26.7. The Kier molecular flexibility index (Phi) is 6.18. The molecule has 0 N–H and O–H groups in total. The largest absolute Gasteiger partial charge is 0.497 e. The SMILES string of the molecule is COc1ccc(Br)c(C(=O)OCC(=O)N(C)Cc2cccs2)c1. The van der Waals surface area contributed by atoms with E-state index in [4.69, 9.17) is 9.47 Å². The van der Waals surface area contributed by atoms with Crippen molar-refractivity contribution in [3.63, 3.8) is 0 Å². The zero-order valence-corrected chi connectivity index (χ0v) is 15.1. The molecule has 0 atom stereocenters. The first-order chi connectivity index (χ1) is 11.0. The third kappa shape index (κ3) is 4.80. The number of rotatable bonds is 6. The Morgan fingerprint density at radius 3 is 2.74 bits per heavy atom. The van der Waals surface area contributed by atoms with Crippen LogP contribution in [-0.4, -0.2) is 37.5 Å². The molecule has 122 valence electrons. The van der Waals surface area contributed by atoms with Crippen molar-refractivity contribution in [2.24, 2.45) is 0 Å². The number of nitrogens with zero attached hydrogens (tertiary/aromatic N) is 1. The van der Waals surface area contributed by atoms with E-state index in [1.54, 1.807) is 36.6 Å². The molecule has 0 spiro atoms. The molecule has 0 saturated carbocycles. The fourth-order valence-electron chi connectivity index (χ4n) is 1.83. The second kappa shape index (κ2) is 8.12. The van der Waals surface area contributed by atoms with E-state index in [9.17, 15) is 9.59 Å². The van der Waals surface area contributed by atoms with Crippen molar-refractivity contribution in [2.45, 2.75) is 6.54 Å². The van der Waals surface area contributed by atoms with Crippen molar-refractivity contribution in [1.82, 2.24) is 4.90 Å². The number of thiophene rings is 1. The first kappa shape index (κ1) is 17.5. The van der Waals surface area contributed by atoms with Gasteiger partial charge < -0.3 is 14.4 Å². The number of carbonyl (C=O) groups is 2. The molecule has 0 unspecified atom stereocenters. The number of likely N-dealkylation sites (N-methyl/N-ethyl adjacent to an activating group) is 1. The number of esters is 1. The molecule has 0 radical (unpaired) electrons. The Labute approximate surface area is 146 Å². The second-order valence-corrected chi connectivity index (χ2v) is 6.64. The Hall–Kier alpha value is -1.86. The molecule has 23 heavy (non-hydrogen) atoms. The van der Waals surface area contributed by atoms with Crippen LogP contribution in [0.25, 0.3) is 0 Å². The Balaban J connectivity index is 1.92. The predicted molar refractivity (Wildman–Crippen MR) is 91.8 cm³/mol. The van der Waals surface area contributed by atoms with Gasteiger partial charge in [0.25, 0.3) is 5.91 Å². The van der Waals surface area contributed by atoms with Crippen molar-refractivity contribution in [1.29, 1.82) is 0 Å². The van der Waals surface area contributed by atoms with E-state index in [1.807, 2.05) is 17.5 Å². The van der Waals surface area contributed by atoms with Crippen LogP contribution >= 0.6 is 27.3 Å². The molecule has 0 aliphatic rings. The minimum absolute atomic E-state index is 0.259. The molecule has 0 bridgehead atoms. The normalized spacial score (nSPS) is 10.2. The lowest BCUT2D eigenvalue weighted by atomic mass is 10.2. The number of methoxy groups -OCH3 is 1. The topological polar surface area (TPSA) is 55.8 Å². The third-order valence-electron chi connectivity index (χ3n) is 3.12. The Bertz CT molecular complexity index is 687. The maximum atomic E-state index is 12.1. The summed E-state index contributed by atoms with van der Waals surface area (Å²) in [6.07, 6.45) is 0. The molecule has 1 heterocycles. The highest BCUT2D eigenvalue weighted by Crippen LogP contribution is 2.23. The first-order valence-corrected chi connectivity index (χ1v) is 8.45. The number of carbonyl (C=O) groups excluding carboxylic acids is 2. The summed E-state index contributed by atoms with van der Waals surface area (Å²) in [5.74, 6) is -0.291. The summed E-state index contributed by atoms with van der Waals surface area (Å²) in [6.45, 7) is 0.196. The smallest absolute Gasteiger partial charge is 0.339 e. The van der Waals surface area contributed by atoms with E-state index in [0.717, 1.165) is 4.88 Å². The molecule has 1 aromatic heterocycles. The number of benzene rings is 1. The van der Waals surface area contributed by atoms with Gasteiger partial charge in [0.2, 0.25) is 0 Å². The molecule has 1 aromatic carbocycles. The van der Waals surface area contributed by atoms with Gasteiger partial charge in [0.05, 0.1) is 19.2 Å². The fourth-order valence-corrected chi connectivity index (χ4v) is 2.99. The predicted octanol–water partition coefficient (Wildman–Crippen LogP) is 3.33. The van der Waals surface area contributed by atoms with Crippen molar-refractivity contribution in [3.8, 4) is 5.75 Å². The molecule has 0 aliphatic heterocycles. The summed E-state index contributed by atoms with van der Waals surface area (Å²) >= 11 is 4.86. The Morgan fingerprint density at radius 1 is 1.30 bits per heavy atom. The van der Waals surface area contributed by atoms with Crippen LogP contribution in [0.15, 0.2) is 40.2 Å². The van der Waals surface area contributed by atoms with Crippen LogP contribution in [-0.2, 0) is 16.1 Å². The van der Waals surface area contributed by atoms with Crippen LogP contribution in [0.2, 0.25) is 0 Å². The van der Waals surface area contributed by atoms with Crippen LogP contribution in [0.3, 0.4) is 0 Å². The summed E-state index contributed by atoms with van der Waals surface area (Å²) in [5, 5.41) is 1.95. The highest BCUT2D eigenvalue weighted by atomic mass is 79.9. The zero-order valence-electron chi connectivity index (χ0n) is 12.7. The maximum Gasteiger partial charge on any atom is 0.339 e. The number of amides is 1. The second-order valence-electron chi connectivity index (χ2n) is 4.75. The summed E-state index contributed by atoms with van der Waals surface area (Å²) in [5.41, 5.74) is 0.318. The molecular formula is C16H16BrNO4S. The summed E-state index contributed by atoms with van der Waals surface area (Å²) < 4.78 is 10.8. The number of halogens is 1. The highest BCUT2D eigenvalue weighted by molar-refractivity contribution is 9.10. The molecule has 0 fully saturated rings. The molecule has 2 rings (SSSR count). The molecule has 1 amide bonds. The van der Waals surface area contributed by atoms with Crippen molar-refractivity contribution in [3.05, 3.63) is 50.6 Å². The van der Waals surface area contributed by atoms with E-state index >= 15 is 0 Å². The number of ether oxygens (including phenoxy) is 2. The van der Waals surface area contributed by atoms with Crippen LogP contribution in [0.5, 0.6) is 5.75 Å². The molecule has 0 aliphatic carbocycles. The lowest BCUT2D eigenvalue weighted by molar-refractivity contribution is -0.133. The van der Waals surface area contributed by atoms with Gasteiger partial charge in [0.1, 0.15) is 5.75 Å². The van der Waals surface area contributed by atoms with Crippen LogP contribution in [0, 0.1) is 0 Å². The highest BCUT2D eigenvalue weighted by Gasteiger charge is 2.16. The average Bonchev–Trinajstić information content (AvgIpc) is 3.05. The zero-order chi connectivity index (χ0) is 16.8. The molecule has 2 aromatic rings. The first-order valence-electron chi connectivity index (χ1n) is 6.78. The van der Waals surface area contributed by atoms with Gasteiger partial charge in [-0.3, -0.25) is 4.79 Å². The standard InChI is InChI=1S/C16H16BrNO4S/c1-18(9-12-4-3-7-23-12)15(19)10-22-16(20)13-8-11(21-2)5-6-14(13)17/h3-8H,9-10H2,1-2H3. The van der Waals surface area contributed by atoms with Crippen molar-refractivity contribution < 1.29 is 19.1 Å². The quantitative estimate of drug-likeness (QED) is 0.701. The fraction of sp³-hybridized carbons (Fsp3) is 0.250. The van der Waals surface area contributed by atoms with Crippen molar-refractivity contribution in [2.75, 3.05) is 20.8 Å².